The lowest BCUT2D eigenvalue weighted by Gasteiger charge is -2.13. The van der Waals surface area contributed by atoms with E-state index in [9.17, 15) is 9.59 Å². The molecule has 0 aromatic carbocycles. The number of aliphatic carboxylic acids is 1. The molecule has 0 bridgehead atoms. The smallest absolute Gasteiger partial charge is 0.326 e. The molecular formula is C13H24INO3S. The summed E-state index contributed by atoms with van der Waals surface area (Å²) in [4.78, 5) is 22.4. The van der Waals surface area contributed by atoms with Gasteiger partial charge in [0, 0.05) is 6.42 Å². The summed E-state index contributed by atoms with van der Waals surface area (Å²) in [5.41, 5.74) is 0. The van der Waals surface area contributed by atoms with Gasteiger partial charge in [-0.3, -0.25) is 4.79 Å². The van der Waals surface area contributed by atoms with Crippen LogP contribution in [0.4, 0.5) is 0 Å². The van der Waals surface area contributed by atoms with Crippen molar-refractivity contribution in [2.75, 3.05) is 10.2 Å². The Bertz CT molecular complexity index is 264. The van der Waals surface area contributed by atoms with Gasteiger partial charge in [0.05, 0.1) is 0 Å². The zero-order chi connectivity index (χ0) is 14.5. The predicted octanol–water partition coefficient (Wildman–Crippen LogP) is 3.04. The summed E-state index contributed by atoms with van der Waals surface area (Å²) in [6, 6.07) is -0.798. The second-order valence-electron chi connectivity index (χ2n) is 4.53. The van der Waals surface area contributed by atoms with Crippen molar-refractivity contribution in [2.24, 2.45) is 0 Å². The highest BCUT2D eigenvalue weighted by molar-refractivity contribution is 14.1. The molecule has 1 amide bonds. The van der Waals surface area contributed by atoms with Crippen molar-refractivity contribution in [3.8, 4) is 0 Å². The first kappa shape index (κ1) is 19.0. The van der Waals surface area contributed by atoms with Crippen molar-refractivity contribution in [3.05, 3.63) is 0 Å². The molecule has 0 aromatic rings. The Morgan fingerprint density at radius 2 is 1.68 bits per heavy atom. The Kier molecular flexibility index (Phi) is 13.0. The van der Waals surface area contributed by atoms with Gasteiger partial charge in [0.1, 0.15) is 6.04 Å². The molecular weight excluding hydrogens is 377 g/mol. The predicted molar refractivity (Wildman–Crippen MR) is 89.2 cm³/mol. The number of unbranched alkanes of at least 4 members (excludes halogenated alkanes) is 5. The fraction of sp³-hybridized carbons (Fsp3) is 0.846. The molecule has 0 aromatic heterocycles. The van der Waals surface area contributed by atoms with Gasteiger partial charge in [0.2, 0.25) is 5.91 Å². The van der Waals surface area contributed by atoms with Crippen LogP contribution in [0.1, 0.15) is 51.4 Å². The third-order valence-electron chi connectivity index (χ3n) is 2.84. The zero-order valence-electron chi connectivity index (χ0n) is 11.2. The molecule has 0 heterocycles. The highest BCUT2D eigenvalue weighted by Crippen LogP contribution is 2.08. The third-order valence-corrected chi connectivity index (χ3v) is 3.86. The second-order valence-corrected chi connectivity index (χ2v) is 6.06. The number of rotatable bonds is 12. The molecule has 1 atom stereocenters. The van der Waals surface area contributed by atoms with Gasteiger partial charge in [-0.2, -0.15) is 12.6 Å². The quantitative estimate of drug-likeness (QED) is 0.204. The lowest BCUT2D eigenvalue weighted by Crippen LogP contribution is -2.40. The van der Waals surface area contributed by atoms with Crippen molar-refractivity contribution >= 4 is 47.1 Å². The normalized spacial score (nSPS) is 12.1. The van der Waals surface area contributed by atoms with Crippen molar-refractivity contribution in [1.82, 2.24) is 5.32 Å². The van der Waals surface area contributed by atoms with Crippen molar-refractivity contribution in [1.29, 1.82) is 0 Å². The van der Waals surface area contributed by atoms with Crippen LogP contribution in [0.5, 0.6) is 0 Å². The van der Waals surface area contributed by atoms with Crippen LogP contribution >= 0.6 is 35.2 Å². The summed E-state index contributed by atoms with van der Waals surface area (Å²) in [5, 5.41) is 11.4. The molecule has 4 nitrogen and oxygen atoms in total. The average Bonchev–Trinajstić information content (AvgIpc) is 2.37. The Morgan fingerprint density at radius 3 is 2.21 bits per heavy atom. The van der Waals surface area contributed by atoms with E-state index in [4.69, 9.17) is 5.11 Å². The molecule has 19 heavy (non-hydrogen) atoms. The Balaban J connectivity index is 3.60. The van der Waals surface area contributed by atoms with E-state index in [1.54, 1.807) is 0 Å². The van der Waals surface area contributed by atoms with E-state index < -0.39 is 12.0 Å². The summed E-state index contributed by atoms with van der Waals surface area (Å²) < 4.78 is 1.21. The van der Waals surface area contributed by atoms with Crippen LogP contribution in [0.15, 0.2) is 0 Å². The summed E-state index contributed by atoms with van der Waals surface area (Å²) in [5.74, 6) is -0.698. The van der Waals surface area contributed by atoms with Gasteiger partial charge in [0.25, 0.3) is 0 Å². The summed E-state index contributed by atoms with van der Waals surface area (Å²) in [6.07, 6.45) is 7.57. The highest BCUT2D eigenvalue weighted by Gasteiger charge is 2.18. The van der Waals surface area contributed by atoms with Gasteiger partial charge in [-0.05, 0) is 29.4 Å². The number of alkyl halides is 1. The fourth-order valence-corrected chi connectivity index (χ4v) is 2.54. The largest absolute Gasteiger partial charge is 0.480 e. The molecule has 0 saturated heterocycles. The number of nitrogens with one attached hydrogen (secondary N) is 1. The topological polar surface area (TPSA) is 66.4 Å². The molecule has 0 rings (SSSR count). The van der Waals surface area contributed by atoms with Crippen LogP contribution in [0.2, 0.25) is 0 Å². The minimum atomic E-state index is -0.985. The Hall–Kier alpha value is 0.0200. The van der Waals surface area contributed by atoms with Gasteiger partial charge >= 0.3 is 5.97 Å². The van der Waals surface area contributed by atoms with Crippen molar-refractivity contribution in [2.45, 2.75) is 57.4 Å². The van der Waals surface area contributed by atoms with E-state index >= 15 is 0 Å². The number of carboxylic acid groups (broad SMARTS) is 1. The molecule has 0 saturated carbocycles. The van der Waals surface area contributed by atoms with Crippen LogP contribution in [-0.4, -0.2) is 33.2 Å². The SMILES string of the molecule is O=C(CCCCCCCCI)NC(CCS)C(=O)O. The van der Waals surface area contributed by atoms with E-state index in [0.29, 0.717) is 18.6 Å². The average molecular weight is 401 g/mol. The van der Waals surface area contributed by atoms with Gasteiger partial charge in [-0.15, -0.1) is 0 Å². The first-order valence-electron chi connectivity index (χ1n) is 6.80. The molecule has 0 aliphatic rings. The van der Waals surface area contributed by atoms with Gasteiger partial charge in [-0.1, -0.05) is 48.3 Å². The molecule has 0 aliphatic heterocycles. The van der Waals surface area contributed by atoms with E-state index in [2.05, 4.69) is 40.5 Å². The number of hydrogen-bond acceptors (Lipinski definition) is 3. The van der Waals surface area contributed by atoms with E-state index in [-0.39, 0.29) is 5.91 Å². The maximum atomic E-state index is 11.6. The minimum Gasteiger partial charge on any atom is -0.480 e. The molecule has 112 valence electrons. The van der Waals surface area contributed by atoms with Gasteiger partial charge in [-0.25, -0.2) is 4.79 Å². The second kappa shape index (κ2) is 13.0. The maximum Gasteiger partial charge on any atom is 0.326 e. The number of halogens is 1. The number of carbonyl (C=O) groups is 2. The standard InChI is InChI=1S/C13H24INO3S/c14-9-6-4-2-1-3-5-7-12(16)15-11(8-10-19)13(17)18/h11,19H,1-10H2,(H,15,16)(H,17,18). The lowest BCUT2D eigenvalue weighted by molar-refractivity contribution is -0.141. The molecule has 6 heteroatoms. The van der Waals surface area contributed by atoms with E-state index in [0.717, 1.165) is 19.3 Å². The molecule has 0 radical (unpaired) electrons. The third kappa shape index (κ3) is 11.5. The Labute approximate surface area is 134 Å². The summed E-state index contributed by atoms with van der Waals surface area (Å²) in [6.45, 7) is 0. The lowest BCUT2D eigenvalue weighted by atomic mass is 10.1. The summed E-state index contributed by atoms with van der Waals surface area (Å²) >= 11 is 6.37. The van der Waals surface area contributed by atoms with Crippen LogP contribution in [0.25, 0.3) is 0 Å². The zero-order valence-corrected chi connectivity index (χ0v) is 14.3. The molecule has 0 aliphatic carbocycles. The number of amides is 1. The fourth-order valence-electron chi connectivity index (χ4n) is 1.74. The summed E-state index contributed by atoms with van der Waals surface area (Å²) in [7, 11) is 0. The van der Waals surface area contributed by atoms with Crippen LogP contribution in [-0.2, 0) is 9.59 Å². The van der Waals surface area contributed by atoms with Crippen LogP contribution < -0.4 is 5.32 Å². The maximum absolute atomic E-state index is 11.6. The number of hydrogen-bond donors (Lipinski definition) is 3. The van der Waals surface area contributed by atoms with Crippen molar-refractivity contribution < 1.29 is 14.7 Å². The molecule has 0 spiro atoms. The number of thiol groups is 1. The van der Waals surface area contributed by atoms with Crippen LogP contribution in [0.3, 0.4) is 0 Å². The van der Waals surface area contributed by atoms with Gasteiger partial charge in [0.15, 0.2) is 0 Å². The monoisotopic (exact) mass is 401 g/mol. The molecule has 1 unspecified atom stereocenters. The highest BCUT2D eigenvalue weighted by atomic mass is 127. The molecule has 2 N–H and O–H groups in total. The van der Waals surface area contributed by atoms with Gasteiger partial charge < -0.3 is 10.4 Å². The van der Waals surface area contributed by atoms with Crippen LogP contribution in [0, 0.1) is 0 Å². The van der Waals surface area contributed by atoms with E-state index in [1.807, 2.05) is 0 Å². The molecule has 0 fully saturated rings. The first-order chi connectivity index (χ1) is 9.11. The number of carboxylic acids is 1. The van der Waals surface area contributed by atoms with E-state index in [1.165, 1.54) is 23.7 Å². The number of carbonyl (C=O) groups excluding carboxylic acids is 1. The van der Waals surface area contributed by atoms with Crippen molar-refractivity contribution in [3.63, 3.8) is 0 Å². The first-order valence-corrected chi connectivity index (χ1v) is 8.96. The Morgan fingerprint density at radius 1 is 1.11 bits per heavy atom. The minimum absolute atomic E-state index is 0.165.